The molecule has 0 aliphatic carbocycles. The maximum absolute atomic E-state index is 12.4. The molecule has 3 heterocycles. The van der Waals surface area contributed by atoms with E-state index in [4.69, 9.17) is 0 Å². The lowest BCUT2D eigenvalue weighted by Crippen LogP contribution is -2.08. The summed E-state index contributed by atoms with van der Waals surface area (Å²) in [6.45, 7) is 0. The number of nitro groups is 1. The van der Waals surface area contributed by atoms with Crippen LogP contribution in [-0.2, 0) is 0 Å². The number of fused-ring (bicyclic) bond motifs is 2. The summed E-state index contributed by atoms with van der Waals surface area (Å²) in [6, 6.07) is 8.24. The van der Waals surface area contributed by atoms with Crippen molar-refractivity contribution in [3.63, 3.8) is 0 Å². The Labute approximate surface area is 111 Å². The third kappa shape index (κ3) is 1.17. The van der Waals surface area contributed by atoms with E-state index in [1.165, 1.54) is 22.7 Å². The zero-order chi connectivity index (χ0) is 13.9. The molecule has 0 aliphatic rings. The summed E-state index contributed by atoms with van der Waals surface area (Å²) in [5, 5.41) is 13.1. The summed E-state index contributed by atoms with van der Waals surface area (Å²) in [5.74, 6) is -0.108. The van der Waals surface area contributed by atoms with Crippen LogP contribution < -0.4 is 5.43 Å². The van der Waals surface area contributed by atoms with Crippen LogP contribution >= 0.6 is 0 Å². The molecule has 6 heteroatoms. The molecular formula is C14H7N3O3. The first kappa shape index (κ1) is 10.9. The highest BCUT2D eigenvalue weighted by molar-refractivity contribution is 6.09. The van der Waals surface area contributed by atoms with Gasteiger partial charge < -0.3 is 10.1 Å². The summed E-state index contributed by atoms with van der Waals surface area (Å²) in [4.78, 5) is 27.2. The molecule has 0 saturated carbocycles. The lowest BCUT2D eigenvalue weighted by molar-refractivity contribution is -0.390. The van der Waals surface area contributed by atoms with E-state index in [2.05, 4.69) is 4.98 Å². The van der Waals surface area contributed by atoms with Gasteiger partial charge in [0.15, 0.2) is 5.52 Å². The molecule has 0 N–H and O–H groups in total. The van der Waals surface area contributed by atoms with Gasteiger partial charge in [-0.25, -0.2) is 0 Å². The Balaban J connectivity index is 2.45. The molecule has 0 spiro atoms. The van der Waals surface area contributed by atoms with Gasteiger partial charge in [-0.3, -0.25) is 9.78 Å². The van der Waals surface area contributed by atoms with Crippen molar-refractivity contribution < 1.29 is 4.92 Å². The first-order chi connectivity index (χ1) is 9.68. The summed E-state index contributed by atoms with van der Waals surface area (Å²) in [7, 11) is 0. The van der Waals surface area contributed by atoms with Gasteiger partial charge in [0.1, 0.15) is 5.52 Å². The van der Waals surface area contributed by atoms with Gasteiger partial charge in [0.2, 0.25) is 5.43 Å². The molecule has 4 rings (SSSR count). The minimum absolute atomic E-state index is 0.108. The fraction of sp³-hybridized carbons (Fsp3) is 0. The van der Waals surface area contributed by atoms with Gasteiger partial charge in [-0.05, 0) is 17.1 Å². The van der Waals surface area contributed by atoms with Gasteiger partial charge >= 0.3 is 5.82 Å². The molecule has 0 radical (unpaired) electrons. The zero-order valence-corrected chi connectivity index (χ0v) is 10.1. The van der Waals surface area contributed by atoms with Crippen molar-refractivity contribution in [2.24, 2.45) is 0 Å². The van der Waals surface area contributed by atoms with Gasteiger partial charge in [-0.1, -0.05) is 12.1 Å². The minimum Gasteiger partial charge on any atom is -0.358 e. The van der Waals surface area contributed by atoms with Gasteiger partial charge in [-0.15, -0.1) is 0 Å². The van der Waals surface area contributed by atoms with E-state index in [0.29, 0.717) is 21.8 Å². The predicted molar refractivity (Wildman–Crippen MR) is 74.3 cm³/mol. The molecule has 20 heavy (non-hydrogen) atoms. The quantitative estimate of drug-likeness (QED) is 0.391. The SMILES string of the molecule is O=c1c2cncc3cccc(c32)n2c([N+](=O)[O-])ccc12. The number of hydrogen-bond donors (Lipinski definition) is 0. The third-order valence-electron chi connectivity index (χ3n) is 3.53. The average molecular weight is 265 g/mol. The third-order valence-corrected chi connectivity index (χ3v) is 3.53. The smallest absolute Gasteiger partial charge is 0.328 e. The van der Waals surface area contributed by atoms with Gasteiger partial charge in [0.05, 0.1) is 5.39 Å². The van der Waals surface area contributed by atoms with Crippen molar-refractivity contribution in [1.82, 2.24) is 9.38 Å². The molecule has 3 aromatic heterocycles. The number of rotatable bonds is 1. The van der Waals surface area contributed by atoms with Crippen molar-refractivity contribution in [3.05, 3.63) is 63.1 Å². The monoisotopic (exact) mass is 265 g/mol. The highest BCUT2D eigenvalue weighted by atomic mass is 16.6. The van der Waals surface area contributed by atoms with Crippen molar-refractivity contribution in [2.75, 3.05) is 0 Å². The van der Waals surface area contributed by atoms with E-state index in [0.717, 1.165) is 5.39 Å². The molecule has 0 fully saturated rings. The first-order valence-electron chi connectivity index (χ1n) is 5.96. The maximum atomic E-state index is 12.4. The Morgan fingerprint density at radius 3 is 2.75 bits per heavy atom. The standard InChI is InChI=1S/C14H7N3O3/c18-14-9-7-15-6-8-2-1-3-10(13(8)9)16-11(14)4-5-12(16)17(19)20/h1-7H. The summed E-state index contributed by atoms with van der Waals surface area (Å²) in [6.07, 6.45) is 3.16. The Morgan fingerprint density at radius 1 is 1.10 bits per heavy atom. The van der Waals surface area contributed by atoms with E-state index >= 15 is 0 Å². The molecule has 4 aromatic rings. The van der Waals surface area contributed by atoms with Crippen LogP contribution in [0.4, 0.5) is 5.82 Å². The van der Waals surface area contributed by atoms with Crippen molar-refractivity contribution in [3.8, 4) is 0 Å². The predicted octanol–water partition coefficient (Wildman–Crippen LogP) is 2.35. The van der Waals surface area contributed by atoms with Crippen LogP contribution in [0.3, 0.4) is 0 Å². The van der Waals surface area contributed by atoms with E-state index in [-0.39, 0.29) is 11.2 Å². The summed E-state index contributed by atoms with van der Waals surface area (Å²) >= 11 is 0. The van der Waals surface area contributed by atoms with Crippen LogP contribution in [0.1, 0.15) is 0 Å². The Hall–Kier alpha value is -3.02. The largest absolute Gasteiger partial charge is 0.358 e. The topological polar surface area (TPSA) is 77.5 Å². The van der Waals surface area contributed by atoms with Gasteiger partial charge in [0.25, 0.3) is 0 Å². The van der Waals surface area contributed by atoms with E-state index in [1.54, 1.807) is 18.3 Å². The molecule has 0 aliphatic heterocycles. The zero-order valence-electron chi connectivity index (χ0n) is 10.1. The Bertz CT molecular complexity index is 1050. The van der Waals surface area contributed by atoms with E-state index < -0.39 is 4.92 Å². The van der Waals surface area contributed by atoms with Crippen LogP contribution in [0.15, 0.2) is 47.5 Å². The summed E-state index contributed by atoms with van der Waals surface area (Å²) < 4.78 is 1.40. The second-order valence-corrected chi connectivity index (χ2v) is 4.56. The first-order valence-corrected chi connectivity index (χ1v) is 5.96. The van der Waals surface area contributed by atoms with Crippen LogP contribution in [-0.4, -0.2) is 14.3 Å². The molecular weight excluding hydrogens is 258 g/mol. The van der Waals surface area contributed by atoms with Crippen LogP contribution in [0, 0.1) is 10.1 Å². The Morgan fingerprint density at radius 2 is 1.95 bits per heavy atom. The number of hydrogen-bond acceptors (Lipinski definition) is 4. The van der Waals surface area contributed by atoms with Crippen molar-refractivity contribution in [1.29, 1.82) is 0 Å². The number of pyridine rings is 2. The maximum Gasteiger partial charge on any atom is 0.328 e. The molecule has 0 unspecified atom stereocenters. The number of benzene rings is 1. The van der Waals surface area contributed by atoms with Gasteiger partial charge in [0, 0.05) is 29.2 Å². The number of nitrogens with zero attached hydrogens (tertiary/aromatic N) is 3. The molecule has 6 nitrogen and oxygen atoms in total. The molecule has 0 bridgehead atoms. The van der Waals surface area contributed by atoms with Crippen LogP contribution in [0.5, 0.6) is 0 Å². The summed E-state index contributed by atoms with van der Waals surface area (Å²) in [5.41, 5.74) is 0.700. The second-order valence-electron chi connectivity index (χ2n) is 4.56. The minimum atomic E-state index is -0.484. The highest BCUT2D eigenvalue weighted by Crippen LogP contribution is 2.28. The highest BCUT2D eigenvalue weighted by Gasteiger charge is 2.21. The average Bonchev–Trinajstić information content (AvgIpc) is 2.90. The molecule has 0 saturated heterocycles. The van der Waals surface area contributed by atoms with Crippen molar-refractivity contribution in [2.45, 2.75) is 0 Å². The molecule has 0 atom stereocenters. The lowest BCUT2D eigenvalue weighted by atomic mass is 10.1. The second kappa shape index (κ2) is 3.51. The fourth-order valence-electron chi connectivity index (χ4n) is 2.71. The lowest BCUT2D eigenvalue weighted by Gasteiger charge is -2.04. The van der Waals surface area contributed by atoms with E-state index in [9.17, 15) is 14.9 Å². The number of aromatic nitrogens is 2. The van der Waals surface area contributed by atoms with E-state index in [1.807, 2.05) is 6.07 Å². The Kier molecular flexibility index (Phi) is 1.90. The molecule has 0 amide bonds. The molecule has 96 valence electrons. The molecule has 1 aromatic carbocycles. The normalized spacial score (nSPS) is 11.6. The van der Waals surface area contributed by atoms with Crippen LogP contribution in [0.25, 0.3) is 27.2 Å². The fourth-order valence-corrected chi connectivity index (χ4v) is 2.71. The van der Waals surface area contributed by atoms with Crippen LogP contribution in [0.2, 0.25) is 0 Å². The van der Waals surface area contributed by atoms with Crippen molar-refractivity contribution >= 4 is 33.0 Å². The van der Waals surface area contributed by atoms with Gasteiger partial charge in [-0.2, -0.15) is 4.40 Å².